The highest BCUT2D eigenvalue weighted by Gasteiger charge is 2.26. The summed E-state index contributed by atoms with van der Waals surface area (Å²) in [5, 5.41) is 1.36. The van der Waals surface area contributed by atoms with E-state index in [-0.39, 0.29) is 11.8 Å². The molecule has 0 radical (unpaired) electrons. The second-order valence-electron chi connectivity index (χ2n) is 11.5. The zero-order valence-electron chi connectivity index (χ0n) is 23.2. The van der Waals surface area contributed by atoms with Gasteiger partial charge in [0.25, 0.3) is 0 Å². The van der Waals surface area contributed by atoms with E-state index in [0.717, 1.165) is 63.2 Å². The summed E-state index contributed by atoms with van der Waals surface area (Å²) < 4.78 is 0. The molecule has 196 valence electrons. The molecule has 1 N–H and O–H groups in total. The van der Waals surface area contributed by atoms with Crippen molar-refractivity contribution in [2.75, 3.05) is 19.6 Å². The lowest BCUT2D eigenvalue weighted by Gasteiger charge is -2.31. The van der Waals surface area contributed by atoms with Crippen molar-refractivity contribution in [3.05, 3.63) is 52.7 Å². The Kier molecular flexibility index (Phi) is 7.62. The molecule has 0 spiro atoms. The van der Waals surface area contributed by atoms with Crippen LogP contribution >= 0.6 is 0 Å². The predicted molar refractivity (Wildman–Crippen MR) is 156 cm³/mol. The number of nitrogens with zero attached hydrogens (tertiary/aromatic N) is 3. The molecular formula is C32H42N4O. The molecule has 2 aliphatic heterocycles. The van der Waals surface area contributed by atoms with Crippen LogP contribution in [0.3, 0.4) is 0 Å². The number of amidine groups is 1. The van der Waals surface area contributed by atoms with Crippen LogP contribution in [-0.2, 0) is 4.79 Å². The second-order valence-corrected chi connectivity index (χ2v) is 11.5. The van der Waals surface area contributed by atoms with E-state index in [1.54, 1.807) is 6.92 Å². The number of nitrogens with one attached hydrogen (secondary N) is 1. The number of hydrogen-bond donors (Lipinski definition) is 1. The zero-order chi connectivity index (χ0) is 26.1. The smallest absolute Gasteiger partial charge is 0.143 e. The highest BCUT2D eigenvalue weighted by Crippen LogP contribution is 2.40. The van der Waals surface area contributed by atoms with E-state index in [9.17, 15) is 4.79 Å². The third kappa shape index (κ3) is 5.43. The van der Waals surface area contributed by atoms with Gasteiger partial charge in [-0.3, -0.25) is 14.7 Å². The number of aromatic nitrogens is 1. The molecule has 1 saturated heterocycles. The Hall–Kier alpha value is -2.79. The molecule has 1 aliphatic carbocycles. The molecule has 2 aromatic rings. The summed E-state index contributed by atoms with van der Waals surface area (Å²) in [4.78, 5) is 27.2. The van der Waals surface area contributed by atoms with Crippen molar-refractivity contribution < 1.29 is 4.79 Å². The minimum atomic E-state index is 0.210. The molecule has 5 rings (SSSR count). The van der Waals surface area contributed by atoms with Gasteiger partial charge in [0, 0.05) is 16.6 Å². The van der Waals surface area contributed by atoms with Crippen LogP contribution in [0.15, 0.2) is 45.9 Å². The van der Waals surface area contributed by atoms with Gasteiger partial charge < -0.3 is 4.98 Å². The lowest BCUT2D eigenvalue weighted by Crippen LogP contribution is -2.36. The van der Waals surface area contributed by atoms with Crippen molar-refractivity contribution in [2.45, 2.75) is 91.0 Å². The summed E-state index contributed by atoms with van der Waals surface area (Å²) in [6.07, 6.45) is 11.1. The van der Waals surface area contributed by atoms with Gasteiger partial charge in [-0.05, 0) is 106 Å². The number of benzene rings is 1. The van der Waals surface area contributed by atoms with Crippen molar-refractivity contribution in [1.29, 1.82) is 0 Å². The van der Waals surface area contributed by atoms with Crippen molar-refractivity contribution in [2.24, 2.45) is 9.98 Å². The van der Waals surface area contributed by atoms with Crippen molar-refractivity contribution >= 4 is 33.8 Å². The average molecular weight is 499 g/mol. The number of likely N-dealkylation sites (tertiary alicyclic amines) is 1. The number of aromatic amines is 1. The molecule has 0 bridgehead atoms. The lowest BCUT2D eigenvalue weighted by atomic mass is 9.86. The minimum absolute atomic E-state index is 0.210. The number of carbonyl (C=O) groups is 1. The van der Waals surface area contributed by atoms with Crippen molar-refractivity contribution in [3.8, 4) is 0 Å². The molecule has 5 nitrogen and oxygen atoms in total. The molecule has 3 heterocycles. The van der Waals surface area contributed by atoms with Crippen LogP contribution in [-0.4, -0.2) is 52.9 Å². The van der Waals surface area contributed by atoms with E-state index in [1.165, 1.54) is 38.9 Å². The zero-order valence-corrected chi connectivity index (χ0v) is 23.2. The van der Waals surface area contributed by atoms with Gasteiger partial charge in [-0.2, -0.15) is 0 Å². The Bertz CT molecular complexity index is 1300. The Labute approximate surface area is 221 Å². The first-order valence-electron chi connectivity index (χ1n) is 14.2. The van der Waals surface area contributed by atoms with Crippen LogP contribution < -0.4 is 0 Å². The number of piperidine rings is 1. The summed E-state index contributed by atoms with van der Waals surface area (Å²) >= 11 is 0. The monoisotopic (exact) mass is 498 g/mol. The van der Waals surface area contributed by atoms with Gasteiger partial charge in [-0.15, -0.1) is 0 Å². The van der Waals surface area contributed by atoms with Crippen LogP contribution in [0.4, 0.5) is 0 Å². The fourth-order valence-corrected chi connectivity index (χ4v) is 6.53. The average Bonchev–Trinajstić information content (AvgIpc) is 3.40. The van der Waals surface area contributed by atoms with Crippen molar-refractivity contribution in [1.82, 2.24) is 9.88 Å². The molecule has 1 unspecified atom stereocenters. The summed E-state index contributed by atoms with van der Waals surface area (Å²) in [7, 11) is 0. The van der Waals surface area contributed by atoms with Crippen LogP contribution in [0.25, 0.3) is 16.5 Å². The number of aliphatic imine (C=N–C) groups is 2. The number of rotatable bonds is 7. The van der Waals surface area contributed by atoms with Gasteiger partial charge in [-0.1, -0.05) is 44.9 Å². The molecule has 3 aliphatic rings. The first kappa shape index (κ1) is 25.8. The number of allylic oxidation sites excluding steroid dienone is 3. The summed E-state index contributed by atoms with van der Waals surface area (Å²) in [5.41, 5.74) is 9.37. The maximum absolute atomic E-state index is 11.6. The van der Waals surface area contributed by atoms with E-state index < -0.39 is 0 Å². The quantitative estimate of drug-likeness (QED) is 0.439. The summed E-state index contributed by atoms with van der Waals surface area (Å²) in [6, 6.07) is 7.28. The third-order valence-corrected chi connectivity index (χ3v) is 8.26. The largest absolute Gasteiger partial charge is 0.354 e. The fraction of sp³-hybridized carbons (Fsp3) is 0.531. The van der Waals surface area contributed by atoms with Gasteiger partial charge >= 0.3 is 0 Å². The Balaban J connectivity index is 1.52. The fourth-order valence-electron chi connectivity index (χ4n) is 6.53. The molecule has 1 fully saturated rings. The Morgan fingerprint density at radius 3 is 2.65 bits per heavy atom. The van der Waals surface area contributed by atoms with Gasteiger partial charge in [0.05, 0.1) is 18.3 Å². The molecule has 0 saturated carbocycles. The number of fused-ring (bicyclic) bond motifs is 2. The predicted octanol–water partition coefficient (Wildman–Crippen LogP) is 7.21. The van der Waals surface area contributed by atoms with Crippen LogP contribution in [0.2, 0.25) is 0 Å². The number of hydrogen-bond acceptors (Lipinski definition) is 4. The van der Waals surface area contributed by atoms with E-state index >= 15 is 0 Å². The van der Waals surface area contributed by atoms with Crippen LogP contribution in [0.5, 0.6) is 0 Å². The van der Waals surface area contributed by atoms with E-state index in [4.69, 9.17) is 9.98 Å². The molecule has 1 aromatic carbocycles. The van der Waals surface area contributed by atoms with Gasteiger partial charge in [0.2, 0.25) is 0 Å². The van der Waals surface area contributed by atoms with E-state index in [0.29, 0.717) is 18.4 Å². The normalized spacial score (nSPS) is 24.1. The van der Waals surface area contributed by atoms with Crippen molar-refractivity contribution in [3.63, 3.8) is 0 Å². The maximum atomic E-state index is 11.6. The molecule has 5 heteroatoms. The van der Waals surface area contributed by atoms with Gasteiger partial charge in [0.15, 0.2) is 0 Å². The highest BCUT2D eigenvalue weighted by molar-refractivity contribution is 6.12. The number of Topliss-reactive ketones (excluding diaryl/α,β-unsaturated/α-hetero) is 1. The summed E-state index contributed by atoms with van der Waals surface area (Å²) in [5.74, 6) is 2.13. The topological polar surface area (TPSA) is 60.8 Å². The van der Waals surface area contributed by atoms with E-state index in [2.05, 4.69) is 61.0 Å². The van der Waals surface area contributed by atoms with Gasteiger partial charge in [-0.25, -0.2) is 4.99 Å². The maximum Gasteiger partial charge on any atom is 0.143 e. The minimum Gasteiger partial charge on any atom is -0.354 e. The highest BCUT2D eigenvalue weighted by atomic mass is 16.1. The first-order valence-corrected chi connectivity index (χ1v) is 14.2. The molecule has 37 heavy (non-hydrogen) atoms. The third-order valence-electron chi connectivity index (χ3n) is 8.26. The molecule has 1 atom stereocenters. The summed E-state index contributed by atoms with van der Waals surface area (Å²) in [6.45, 7) is 13.2. The second kappa shape index (κ2) is 10.9. The Morgan fingerprint density at radius 1 is 1.16 bits per heavy atom. The molecule has 1 aromatic heterocycles. The standard InChI is InChI=1S/C32H42N4O/c1-6-7-24-8-12-29-30(34-22(5)33-29)13-10-26(24)32-31(20(2)3)27-18-25(9-11-28(27)35-32)23-14-16-36(17-15-23)19-21(4)37/h9-11,13,18,20,23,29,35H,6-8,12,14-17,19H2,1-5H3/b13-10-,26-24+. The van der Waals surface area contributed by atoms with Crippen LogP contribution in [0, 0.1) is 0 Å². The lowest BCUT2D eigenvalue weighted by molar-refractivity contribution is -0.118. The van der Waals surface area contributed by atoms with Gasteiger partial charge in [0.1, 0.15) is 11.6 Å². The van der Waals surface area contributed by atoms with E-state index in [1.807, 2.05) is 6.92 Å². The number of carbonyl (C=O) groups excluding carboxylic acids is 1. The number of H-pyrrole nitrogens is 1. The molecule has 0 amide bonds. The molecular weight excluding hydrogens is 456 g/mol. The Morgan fingerprint density at radius 2 is 1.95 bits per heavy atom. The van der Waals surface area contributed by atoms with Crippen LogP contribution in [0.1, 0.15) is 102 Å². The first-order chi connectivity index (χ1) is 17.8. The number of ketones is 1. The SMILES string of the molecule is CCC/C1=C(c2[nH]c3ccc(C4CCN(CC(C)=O)CC4)cc3c2C(C)C)/C=C\C2=NC(C)=NC2CC1.